The van der Waals surface area contributed by atoms with Crippen molar-refractivity contribution in [3.8, 4) is 5.75 Å². The van der Waals surface area contributed by atoms with Crippen molar-refractivity contribution in [2.24, 2.45) is 0 Å². The van der Waals surface area contributed by atoms with Crippen molar-refractivity contribution < 1.29 is 4.74 Å². The van der Waals surface area contributed by atoms with E-state index in [9.17, 15) is 0 Å². The smallest absolute Gasteiger partial charge is 0.127 e. The van der Waals surface area contributed by atoms with Crippen LogP contribution in [-0.4, -0.2) is 12.1 Å². The third kappa shape index (κ3) is 5.79. The molecule has 0 unspecified atom stereocenters. The van der Waals surface area contributed by atoms with Crippen molar-refractivity contribution >= 4 is 15.9 Å². The summed E-state index contributed by atoms with van der Waals surface area (Å²) in [4.78, 5) is 0. The first kappa shape index (κ1) is 16.3. The second kappa shape index (κ2) is 6.58. The van der Waals surface area contributed by atoms with Gasteiger partial charge in [-0.25, -0.2) is 0 Å². The summed E-state index contributed by atoms with van der Waals surface area (Å²) < 4.78 is 6.97. The Labute approximate surface area is 125 Å². The molecule has 0 bridgehead atoms. The highest BCUT2D eigenvalue weighted by Gasteiger charge is 2.13. The predicted molar refractivity (Wildman–Crippen MR) is 85.8 cm³/mol. The number of rotatable bonds is 5. The number of hydrogen-bond acceptors (Lipinski definition) is 2. The fourth-order valence-corrected chi connectivity index (χ4v) is 2.31. The fraction of sp³-hybridized carbons (Fsp3) is 0.500. The van der Waals surface area contributed by atoms with Gasteiger partial charge in [-0.1, -0.05) is 22.5 Å². The molecule has 0 fully saturated rings. The second-order valence-corrected chi connectivity index (χ2v) is 6.98. The molecular weight excluding hydrogens is 302 g/mol. The van der Waals surface area contributed by atoms with Gasteiger partial charge < -0.3 is 10.1 Å². The standard InChI is InChI=1S/C16H24BrNO/c1-11(2)10-19-15-12(3)7-14(17)8-13(15)9-18-16(4,5)6/h7-8,18H,1,9-10H2,2-6H3. The Balaban J connectivity index is 2.95. The van der Waals surface area contributed by atoms with Crippen LogP contribution in [0, 0.1) is 6.92 Å². The first-order chi connectivity index (χ1) is 8.69. The van der Waals surface area contributed by atoms with Gasteiger partial charge in [-0.3, -0.25) is 0 Å². The van der Waals surface area contributed by atoms with Crippen molar-refractivity contribution in [3.05, 3.63) is 39.9 Å². The van der Waals surface area contributed by atoms with Crippen LogP contribution in [0.1, 0.15) is 38.8 Å². The Morgan fingerprint density at radius 3 is 2.53 bits per heavy atom. The Hall–Kier alpha value is -0.800. The van der Waals surface area contributed by atoms with E-state index < -0.39 is 0 Å². The van der Waals surface area contributed by atoms with E-state index in [1.54, 1.807) is 0 Å². The molecule has 0 spiro atoms. The second-order valence-electron chi connectivity index (χ2n) is 6.06. The monoisotopic (exact) mass is 325 g/mol. The van der Waals surface area contributed by atoms with Crippen molar-refractivity contribution in [2.75, 3.05) is 6.61 Å². The highest BCUT2D eigenvalue weighted by atomic mass is 79.9. The van der Waals surface area contributed by atoms with E-state index in [0.29, 0.717) is 6.61 Å². The van der Waals surface area contributed by atoms with Crippen LogP contribution in [0.2, 0.25) is 0 Å². The first-order valence-corrected chi connectivity index (χ1v) is 7.29. The zero-order valence-electron chi connectivity index (χ0n) is 12.6. The average Bonchev–Trinajstić information content (AvgIpc) is 2.23. The minimum absolute atomic E-state index is 0.0852. The molecule has 0 saturated carbocycles. The van der Waals surface area contributed by atoms with Crippen LogP contribution in [0.25, 0.3) is 0 Å². The maximum absolute atomic E-state index is 5.89. The summed E-state index contributed by atoms with van der Waals surface area (Å²) >= 11 is 3.55. The third-order valence-electron chi connectivity index (χ3n) is 2.59. The molecule has 106 valence electrons. The number of halogens is 1. The van der Waals surface area contributed by atoms with Gasteiger partial charge >= 0.3 is 0 Å². The van der Waals surface area contributed by atoms with Gasteiger partial charge in [0.15, 0.2) is 0 Å². The van der Waals surface area contributed by atoms with E-state index in [-0.39, 0.29) is 5.54 Å². The Bertz CT molecular complexity index is 461. The van der Waals surface area contributed by atoms with Crippen LogP contribution in [0.3, 0.4) is 0 Å². The molecule has 1 aromatic carbocycles. The van der Waals surface area contributed by atoms with Gasteiger partial charge in [0.25, 0.3) is 0 Å². The van der Waals surface area contributed by atoms with Gasteiger partial charge in [-0.2, -0.15) is 0 Å². The minimum Gasteiger partial charge on any atom is -0.489 e. The number of ether oxygens (including phenoxy) is 1. The quantitative estimate of drug-likeness (QED) is 0.799. The number of nitrogens with one attached hydrogen (secondary N) is 1. The summed E-state index contributed by atoms with van der Waals surface area (Å²) in [6.45, 7) is 15.7. The molecule has 0 heterocycles. The minimum atomic E-state index is 0.0852. The number of aryl methyl sites for hydroxylation is 1. The lowest BCUT2D eigenvalue weighted by molar-refractivity contribution is 0.341. The summed E-state index contributed by atoms with van der Waals surface area (Å²) in [5.41, 5.74) is 3.42. The molecule has 0 aromatic heterocycles. The highest BCUT2D eigenvalue weighted by molar-refractivity contribution is 9.10. The van der Waals surface area contributed by atoms with Crippen LogP contribution in [0.4, 0.5) is 0 Å². The van der Waals surface area contributed by atoms with Crippen LogP contribution in [0.5, 0.6) is 5.75 Å². The average molecular weight is 326 g/mol. The molecule has 3 heteroatoms. The molecular formula is C16H24BrNO. The van der Waals surface area contributed by atoms with Crippen LogP contribution >= 0.6 is 15.9 Å². The number of hydrogen-bond donors (Lipinski definition) is 1. The van der Waals surface area contributed by atoms with Crippen LogP contribution < -0.4 is 10.1 Å². The van der Waals surface area contributed by atoms with Gasteiger partial charge in [0.1, 0.15) is 12.4 Å². The molecule has 1 rings (SSSR count). The number of benzene rings is 1. The van der Waals surface area contributed by atoms with E-state index in [0.717, 1.165) is 27.9 Å². The van der Waals surface area contributed by atoms with Gasteiger partial charge in [-0.15, -0.1) is 0 Å². The molecule has 19 heavy (non-hydrogen) atoms. The summed E-state index contributed by atoms with van der Waals surface area (Å²) in [6.07, 6.45) is 0. The lowest BCUT2D eigenvalue weighted by Crippen LogP contribution is -2.35. The lowest BCUT2D eigenvalue weighted by atomic mass is 10.1. The van der Waals surface area contributed by atoms with Crippen molar-refractivity contribution in [3.63, 3.8) is 0 Å². The molecule has 0 atom stereocenters. The van der Waals surface area contributed by atoms with Crippen molar-refractivity contribution in [1.82, 2.24) is 5.32 Å². The van der Waals surface area contributed by atoms with Crippen LogP contribution in [-0.2, 0) is 6.54 Å². The largest absolute Gasteiger partial charge is 0.489 e. The zero-order valence-corrected chi connectivity index (χ0v) is 14.1. The molecule has 0 aliphatic carbocycles. The predicted octanol–water partition coefficient (Wildman–Crippen LogP) is 4.60. The third-order valence-corrected chi connectivity index (χ3v) is 3.05. The van der Waals surface area contributed by atoms with E-state index in [1.165, 1.54) is 5.56 Å². The normalized spacial score (nSPS) is 11.5. The summed E-state index contributed by atoms with van der Waals surface area (Å²) in [6, 6.07) is 4.19. The van der Waals surface area contributed by atoms with Gasteiger partial charge in [-0.05, 0) is 57.9 Å². The van der Waals surface area contributed by atoms with Gasteiger partial charge in [0.2, 0.25) is 0 Å². The first-order valence-electron chi connectivity index (χ1n) is 6.50. The Morgan fingerprint density at radius 2 is 2.00 bits per heavy atom. The molecule has 1 N–H and O–H groups in total. The summed E-state index contributed by atoms with van der Waals surface area (Å²) in [5.74, 6) is 0.961. The van der Waals surface area contributed by atoms with E-state index in [4.69, 9.17) is 4.74 Å². The van der Waals surface area contributed by atoms with Gasteiger partial charge in [0, 0.05) is 22.1 Å². The highest BCUT2D eigenvalue weighted by Crippen LogP contribution is 2.28. The van der Waals surface area contributed by atoms with E-state index >= 15 is 0 Å². The Kier molecular flexibility index (Phi) is 5.63. The van der Waals surface area contributed by atoms with Crippen molar-refractivity contribution in [1.29, 1.82) is 0 Å². The molecule has 0 saturated heterocycles. The SMILES string of the molecule is C=C(C)COc1c(C)cc(Br)cc1CNC(C)(C)C. The topological polar surface area (TPSA) is 21.3 Å². The zero-order chi connectivity index (χ0) is 14.6. The molecule has 2 nitrogen and oxygen atoms in total. The van der Waals surface area contributed by atoms with Crippen molar-refractivity contribution in [2.45, 2.75) is 46.7 Å². The maximum Gasteiger partial charge on any atom is 0.127 e. The summed E-state index contributed by atoms with van der Waals surface area (Å²) in [5, 5.41) is 3.50. The molecule has 0 aliphatic heterocycles. The van der Waals surface area contributed by atoms with Crippen LogP contribution in [0.15, 0.2) is 28.8 Å². The lowest BCUT2D eigenvalue weighted by Gasteiger charge is -2.22. The van der Waals surface area contributed by atoms with Gasteiger partial charge in [0.05, 0.1) is 0 Å². The molecule has 1 aromatic rings. The van der Waals surface area contributed by atoms with E-state index in [1.807, 2.05) is 6.92 Å². The molecule has 0 amide bonds. The summed E-state index contributed by atoms with van der Waals surface area (Å²) in [7, 11) is 0. The van der Waals surface area contributed by atoms with E-state index in [2.05, 4.69) is 67.7 Å². The maximum atomic E-state index is 5.89. The molecule has 0 aliphatic rings. The Morgan fingerprint density at radius 1 is 1.37 bits per heavy atom. The molecule has 0 radical (unpaired) electrons. The fourth-order valence-electron chi connectivity index (χ4n) is 1.69.